The number of benzene rings is 1. The second kappa shape index (κ2) is 6.70. The van der Waals surface area contributed by atoms with Crippen molar-refractivity contribution in [1.82, 2.24) is 4.98 Å². The lowest BCUT2D eigenvalue weighted by Gasteiger charge is -2.13. The second-order valence-electron chi connectivity index (χ2n) is 4.77. The fraction of sp³-hybridized carbons (Fsp3) is 0.176. The standard InChI is InChI=1S/C17H17NO3/c1-12-9-14(6-7-16(19)20)10-13(2)17(12)21-11-15-5-3-4-8-18-15/h3-10H,11H2,1-2H3,(H,19,20). The van der Waals surface area contributed by atoms with Crippen LogP contribution in [0.2, 0.25) is 0 Å². The number of aryl methyl sites for hydroxylation is 2. The molecule has 2 aromatic rings. The Morgan fingerprint density at radius 3 is 2.57 bits per heavy atom. The van der Waals surface area contributed by atoms with Gasteiger partial charge in [-0.15, -0.1) is 0 Å². The highest BCUT2D eigenvalue weighted by Crippen LogP contribution is 2.26. The number of hydrogen-bond acceptors (Lipinski definition) is 3. The minimum Gasteiger partial charge on any atom is -0.487 e. The van der Waals surface area contributed by atoms with Gasteiger partial charge in [-0.2, -0.15) is 0 Å². The predicted octanol–water partition coefficient (Wildman–Crippen LogP) is 3.38. The van der Waals surface area contributed by atoms with Gasteiger partial charge in [0.2, 0.25) is 0 Å². The van der Waals surface area contributed by atoms with Crippen molar-refractivity contribution in [1.29, 1.82) is 0 Å². The fourth-order valence-electron chi connectivity index (χ4n) is 2.10. The Balaban J connectivity index is 2.15. The monoisotopic (exact) mass is 283 g/mol. The van der Waals surface area contributed by atoms with Crippen LogP contribution in [0.5, 0.6) is 5.75 Å². The number of aliphatic carboxylic acids is 1. The average molecular weight is 283 g/mol. The van der Waals surface area contributed by atoms with Crippen LogP contribution in [0.15, 0.2) is 42.6 Å². The molecule has 0 saturated heterocycles. The summed E-state index contributed by atoms with van der Waals surface area (Å²) >= 11 is 0. The zero-order valence-electron chi connectivity index (χ0n) is 12.0. The Morgan fingerprint density at radius 1 is 1.29 bits per heavy atom. The van der Waals surface area contributed by atoms with Crippen molar-refractivity contribution in [3.8, 4) is 5.75 Å². The molecule has 0 spiro atoms. The fourth-order valence-corrected chi connectivity index (χ4v) is 2.10. The van der Waals surface area contributed by atoms with E-state index in [1.54, 1.807) is 12.3 Å². The van der Waals surface area contributed by atoms with E-state index in [1.807, 2.05) is 44.2 Å². The van der Waals surface area contributed by atoms with Crippen molar-refractivity contribution in [3.63, 3.8) is 0 Å². The Morgan fingerprint density at radius 2 is 2.00 bits per heavy atom. The van der Waals surface area contributed by atoms with E-state index >= 15 is 0 Å². The lowest BCUT2D eigenvalue weighted by atomic mass is 10.1. The van der Waals surface area contributed by atoms with E-state index in [0.717, 1.165) is 34.2 Å². The number of carboxylic acid groups (broad SMARTS) is 1. The molecule has 0 radical (unpaired) electrons. The topological polar surface area (TPSA) is 59.4 Å². The Labute approximate surface area is 123 Å². The van der Waals surface area contributed by atoms with Gasteiger partial charge in [0.1, 0.15) is 12.4 Å². The minimum atomic E-state index is -0.958. The molecular formula is C17H17NO3. The van der Waals surface area contributed by atoms with Gasteiger partial charge >= 0.3 is 5.97 Å². The smallest absolute Gasteiger partial charge is 0.328 e. The van der Waals surface area contributed by atoms with Gasteiger partial charge in [0.15, 0.2) is 0 Å². The maximum atomic E-state index is 10.6. The van der Waals surface area contributed by atoms with Gasteiger partial charge in [-0.3, -0.25) is 4.98 Å². The van der Waals surface area contributed by atoms with E-state index in [1.165, 1.54) is 0 Å². The molecule has 0 aliphatic heterocycles. The highest BCUT2D eigenvalue weighted by Gasteiger charge is 2.06. The van der Waals surface area contributed by atoms with Crippen molar-refractivity contribution < 1.29 is 14.6 Å². The van der Waals surface area contributed by atoms with Gasteiger partial charge in [0.05, 0.1) is 5.69 Å². The first-order valence-corrected chi connectivity index (χ1v) is 6.61. The summed E-state index contributed by atoms with van der Waals surface area (Å²) in [7, 11) is 0. The molecule has 0 amide bonds. The number of ether oxygens (including phenoxy) is 1. The molecule has 1 aromatic carbocycles. The summed E-state index contributed by atoms with van der Waals surface area (Å²) in [6.45, 7) is 4.30. The molecule has 1 N–H and O–H groups in total. The highest BCUT2D eigenvalue weighted by atomic mass is 16.5. The van der Waals surface area contributed by atoms with Crippen LogP contribution in [0.4, 0.5) is 0 Å². The largest absolute Gasteiger partial charge is 0.487 e. The molecule has 2 rings (SSSR count). The molecule has 4 nitrogen and oxygen atoms in total. The van der Waals surface area contributed by atoms with Crippen molar-refractivity contribution in [2.75, 3.05) is 0 Å². The third-order valence-corrected chi connectivity index (χ3v) is 2.99. The zero-order chi connectivity index (χ0) is 15.2. The summed E-state index contributed by atoms with van der Waals surface area (Å²) in [5.74, 6) is -0.145. The molecule has 0 atom stereocenters. The molecule has 0 saturated carbocycles. The van der Waals surface area contributed by atoms with E-state index < -0.39 is 5.97 Å². The third-order valence-electron chi connectivity index (χ3n) is 2.99. The molecule has 0 aliphatic carbocycles. The van der Waals surface area contributed by atoms with E-state index in [4.69, 9.17) is 9.84 Å². The SMILES string of the molecule is Cc1cc(C=CC(=O)O)cc(C)c1OCc1ccccn1. The molecule has 0 fully saturated rings. The van der Waals surface area contributed by atoms with Crippen molar-refractivity contribution in [3.05, 3.63) is 65.0 Å². The minimum absolute atomic E-state index is 0.410. The normalized spacial score (nSPS) is 10.8. The molecule has 108 valence electrons. The summed E-state index contributed by atoms with van der Waals surface area (Å²) in [6.07, 6.45) is 4.44. The summed E-state index contributed by atoms with van der Waals surface area (Å²) in [4.78, 5) is 14.8. The molecular weight excluding hydrogens is 266 g/mol. The van der Waals surface area contributed by atoms with Gasteiger partial charge in [-0.25, -0.2) is 4.79 Å². The van der Waals surface area contributed by atoms with E-state index in [-0.39, 0.29) is 0 Å². The van der Waals surface area contributed by atoms with Crippen LogP contribution in [0.3, 0.4) is 0 Å². The number of nitrogens with zero attached hydrogens (tertiary/aromatic N) is 1. The van der Waals surface area contributed by atoms with E-state index in [9.17, 15) is 4.79 Å². The van der Waals surface area contributed by atoms with Crippen LogP contribution in [-0.2, 0) is 11.4 Å². The molecule has 1 heterocycles. The first kappa shape index (κ1) is 14.8. The lowest BCUT2D eigenvalue weighted by Crippen LogP contribution is -2.01. The summed E-state index contributed by atoms with van der Waals surface area (Å²) in [5, 5.41) is 8.66. The summed E-state index contributed by atoms with van der Waals surface area (Å²) in [5.41, 5.74) is 3.65. The number of carboxylic acids is 1. The van der Waals surface area contributed by atoms with Gasteiger partial charge in [0, 0.05) is 12.3 Å². The van der Waals surface area contributed by atoms with E-state index in [0.29, 0.717) is 6.61 Å². The van der Waals surface area contributed by atoms with Crippen LogP contribution in [0.25, 0.3) is 6.08 Å². The van der Waals surface area contributed by atoms with Crippen LogP contribution in [0, 0.1) is 13.8 Å². The molecule has 0 unspecified atom stereocenters. The molecule has 0 bridgehead atoms. The predicted molar refractivity (Wildman–Crippen MR) is 81.2 cm³/mol. The first-order valence-electron chi connectivity index (χ1n) is 6.61. The maximum Gasteiger partial charge on any atom is 0.328 e. The third kappa shape index (κ3) is 4.18. The average Bonchev–Trinajstić information content (AvgIpc) is 2.45. The van der Waals surface area contributed by atoms with Crippen molar-refractivity contribution in [2.24, 2.45) is 0 Å². The van der Waals surface area contributed by atoms with Crippen molar-refractivity contribution >= 4 is 12.0 Å². The van der Waals surface area contributed by atoms with Crippen LogP contribution in [-0.4, -0.2) is 16.1 Å². The van der Waals surface area contributed by atoms with Crippen LogP contribution >= 0.6 is 0 Å². The molecule has 21 heavy (non-hydrogen) atoms. The molecule has 0 aliphatic rings. The van der Waals surface area contributed by atoms with Gasteiger partial charge < -0.3 is 9.84 Å². The number of pyridine rings is 1. The molecule has 1 aromatic heterocycles. The van der Waals surface area contributed by atoms with Gasteiger partial charge in [-0.05, 0) is 60.9 Å². The quantitative estimate of drug-likeness (QED) is 0.855. The van der Waals surface area contributed by atoms with Crippen LogP contribution in [0.1, 0.15) is 22.4 Å². The van der Waals surface area contributed by atoms with Gasteiger partial charge in [-0.1, -0.05) is 6.07 Å². The first-order chi connectivity index (χ1) is 10.1. The maximum absolute atomic E-state index is 10.6. The number of hydrogen-bond donors (Lipinski definition) is 1. The summed E-state index contributed by atoms with van der Waals surface area (Å²) < 4.78 is 5.83. The second-order valence-corrected chi connectivity index (χ2v) is 4.77. The Kier molecular flexibility index (Phi) is 4.72. The number of rotatable bonds is 5. The Bertz CT molecular complexity index is 640. The zero-order valence-corrected chi connectivity index (χ0v) is 12.0. The van der Waals surface area contributed by atoms with Crippen LogP contribution < -0.4 is 4.74 Å². The van der Waals surface area contributed by atoms with Gasteiger partial charge in [0.25, 0.3) is 0 Å². The summed E-state index contributed by atoms with van der Waals surface area (Å²) in [6, 6.07) is 9.50. The Hall–Kier alpha value is -2.62. The number of aromatic nitrogens is 1. The lowest BCUT2D eigenvalue weighted by molar-refractivity contribution is -0.131. The van der Waals surface area contributed by atoms with E-state index in [2.05, 4.69) is 4.98 Å². The molecule has 4 heteroatoms. The number of carbonyl (C=O) groups is 1. The highest BCUT2D eigenvalue weighted by molar-refractivity contribution is 5.85. The van der Waals surface area contributed by atoms with Crippen molar-refractivity contribution in [2.45, 2.75) is 20.5 Å².